The van der Waals surface area contributed by atoms with Gasteiger partial charge in [0.25, 0.3) is 0 Å². The fraction of sp³-hybridized carbons (Fsp3) is 0.167. The number of carbonyl (C=O) groups excluding carboxylic acids is 1. The quantitative estimate of drug-likeness (QED) is 0.657. The molecule has 0 aliphatic carbocycles. The molecule has 5 nitrogen and oxygen atoms in total. The van der Waals surface area contributed by atoms with Crippen molar-refractivity contribution in [3.8, 4) is 0 Å². The molecule has 0 unspecified atom stereocenters. The second kappa shape index (κ2) is 7.35. The topological polar surface area (TPSA) is 57.0 Å². The van der Waals surface area contributed by atoms with E-state index in [0.29, 0.717) is 19.6 Å². The second-order valence-corrected chi connectivity index (χ2v) is 5.16. The number of aromatic nitrogens is 3. The van der Waals surface area contributed by atoms with Crippen LogP contribution >= 0.6 is 0 Å². The molecule has 116 valence electrons. The van der Waals surface area contributed by atoms with Gasteiger partial charge in [-0.25, -0.2) is 9.48 Å². The molecule has 0 fully saturated rings. The molecule has 0 aliphatic heterocycles. The highest BCUT2D eigenvalue weighted by atomic mass is 16.5. The number of esters is 1. The van der Waals surface area contributed by atoms with Crippen LogP contribution in [0.5, 0.6) is 0 Å². The lowest BCUT2D eigenvalue weighted by atomic mass is 10.2. The third-order valence-electron chi connectivity index (χ3n) is 3.40. The minimum absolute atomic E-state index is 0.231. The van der Waals surface area contributed by atoms with Crippen molar-refractivity contribution in [3.63, 3.8) is 0 Å². The minimum atomic E-state index is -0.444. The first-order valence-electron chi connectivity index (χ1n) is 7.46. The lowest BCUT2D eigenvalue weighted by Gasteiger charge is -2.02. The van der Waals surface area contributed by atoms with E-state index in [2.05, 4.69) is 10.3 Å². The van der Waals surface area contributed by atoms with Gasteiger partial charge in [0.2, 0.25) is 0 Å². The highest BCUT2D eigenvalue weighted by Crippen LogP contribution is 2.04. The molecule has 0 bridgehead atoms. The zero-order chi connectivity index (χ0) is 15.9. The Balaban J connectivity index is 1.52. The van der Waals surface area contributed by atoms with E-state index in [0.717, 1.165) is 11.1 Å². The zero-order valence-electron chi connectivity index (χ0n) is 12.6. The maximum absolute atomic E-state index is 12.0. The van der Waals surface area contributed by atoms with Crippen LogP contribution < -0.4 is 0 Å². The second-order valence-electron chi connectivity index (χ2n) is 5.16. The zero-order valence-corrected chi connectivity index (χ0v) is 12.6. The van der Waals surface area contributed by atoms with Gasteiger partial charge in [-0.3, -0.25) is 0 Å². The molecule has 23 heavy (non-hydrogen) atoms. The van der Waals surface area contributed by atoms with Crippen LogP contribution in [-0.2, 0) is 17.7 Å². The van der Waals surface area contributed by atoms with Gasteiger partial charge in [-0.15, -0.1) is 5.10 Å². The van der Waals surface area contributed by atoms with Crippen molar-refractivity contribution in [2.24, 2.45) is 0 Å². The third kappa shape index (κ3) is 4.26. The summed E-state index contributed by atoms with van der Waals surface area (Å²) >= 11 is 0. The number of benzene rings is 2. The first kappa shape index (κ1) is 15.0. The molecule has 0 saturated carbocycles. The van der Waals surface area contributed by atoms with Gasteiger partial charge < -0.3 is 4.74 Å². The van der Waals surface area contributed by atoms with E-state index in [1.165, 1.54) is 0 Å². The van der Waals surface area contributed by atoms with Crippen molar-refractivity contribution in [3.05, 3.63) is 83.7 Å². The standard InChI is InChI=1S/C18H17N3O2/c22-18(23-12-11-15-7-3-1-4-8-15)17-14-21(20-19-17)13-16-9-5-2-6-10-16/h1-10,14H,11-13H2. The van der Waals surface area contributed by atoms with Crippen LogP contribution in [0.15, 0.2) is 66.9 Å². The summed E-state index contributed by atoms with van der Waals surface area (Å²) in [5, 5.41) is 7.84. The average molecular weight is 307 g/mol. The SMILES string of the molecule is O=C(OCCc1ccccc1)c1cn(Cc2ccccc2)nn1. The van der Waals surface area contributed by atoms with Crippen LogP contribution in [0, 0.1) is 0 Å². The molecule has 0 atom stereocenters. The minimum Gasteiger partial charge on any atom is -0.461 e. The molecular formula is C18H17N3O2. The molecule has 0 radical (unpaired) electrons. The Morgan fingerprint density at radius 3 is 2.30 bits per heavy atom. The normalized spacial score (nSPS) is 10.4. The van der Waals surface area contributed by atoms with Gasteiger partial charge in [-0.2, -0.15) is 0 Å². The molecule has 5 heteroatoms. The Hall–Kier alpha value is -2.95. The van der Waals surface area contributed by atoms with Gasteiger partial charge in [-0.1, -0.05) is 65.9 Å². The van der Waals surface area contributed by atoms with Crippen molar-refractivity contribution >= 4 is 5.97 Å². The molecule has 0 amide bonds. The third-order valence-corrected chi connectivity index (χ3v) is 3.40. The highest BCUT2D eigenvalue weighted by Gasteiger charge is 2.12. The van der Waals surface area contributed by atoms with Crippen LogP contribution in [0.3, 0.4) is 0 Å². The fourth-order valence-corrected chi connectivity index (χ4v) is 2.22. The molecule has 0 N–H and O–H groups in total. The van der Waals surface area contributed by atoms with E-state index in [4.69, 9.17) is 4.74 Å². The molecule has 1 heterocycles. The summed E-state index contributed by atoms with van der Waals surface area (Å²) < 4.78 is 6.87. The lowest BCUT2D eigenvalue weighted by Crippen LogP contribution is -2.08. The van der Waals surface area contributed by atoms with Gasteiger partial charge in [0, 0.05) is 6.42 Å². The first-order valence-corrected chi connectivity index (χ1v) is 7.46. The van der Waals surface area contributed by atoms with Crippen LogP contribution in [0.2, 0.25) is 0 Å². The maximum atomic E-state index is 12.0. The predicted octanol–water partition coefficient (Wildman–Crippen LogP) is 2.73. The monoisotopic (exact) mass is 307 g/mol. The number of rotatable bonds is 6. The molecule has 0 aliphatic rings. The van der Waals surface area contributed by atoms with Gasteiger partial charge >= 0.3 is 5.97 Å². The summed E-state index contributed by atoms with van der Waals surface area (Å²) in [5.74, 6) is -0.444. The summed E-state index contributed by atoms with van der Waals surface area (Å²) in [6, 6.07) is 19.8. The first-order chi connectivity index (χ1) is 11.3. The van der Waals surface area contributed by atoms with E-state index >= 15 is 0 Å². The smallest absolute Gasteiger partial charge is 0.360 e. The Bertz CT molecular complexity index is 754. The van der Waals surface area contributed by atoms with Crippen LogP contribution in [0.4, 0.5) is 0 Å². The van der Waals surface area contributed by atoms with E-state index in [-0.39, 0.29) is 5.69 Å². The Morgan fingerprint density at radius 2 is 1.61 bits per heavy atom. The highest BCUT2D eigenvalue weighted by molar-refractivity contribution is 5.86. The van der Waals surface area contributed by atoms with Gasteiger partial charge in [0.05, 0.1) is 19.3 Å². The summed E-state index contributed by atoms with van der Waals surface area (Å²) in [6.07, 6.45) is 2.29. The molecular weight excluding hydrogens is 290 g/mol. The number of ether oxygens (including phenoxy) is 1. The van der Waals surface area contributed by atoms with Crippen molar-refractivity contribution in [1.82, 2.24) is 15.0 Å². The van der Waals surface area contributed by atoms with Gasteiger partial charge in [0.15, 0.2) is 5.69 Å². The lowest BCUT2D eigenvalue weighted by molar-refractivity contribution is 0.0502. The van der Waals surface area contributed by atoms with E-state index < -0.39 is 5.97 Å². The van der Waals surface area contributed by atoms with E-state index in [9.17, 15) is 4.79 Å². The Morgan fingerprint density at radius 1 is 0.957 bits per heavy atom. The summed E-state index contributed by atoms with van der Waals surface area (Å²) in [4.78, 5) is 12.0. The largest absolute Gasteiger partial charge is 0.461 e. The summed E-state index contributed by atoms with van der Waals surface area (Å²) in [6.45, 7) is 0.902. The van der Waals surface area contributed by atoms with Crippen LogP contribution in [0.1, 0.15) is 21.6 Å². The molecule has 2 aromatic carbocycles. The van der Waals surface area contributed by atoms with Crippen LogP contribution in [0.25, 0.3) is 0 Å². The predicted molar refractivity (Wildman–Crippen MR) is 86.0 cm³/mol. The van der Waals surface area contributed by atoms with Gasteiger partial charge in [0.1, 0.15) is 0 Å². The van der Waals surface area contributed by atoms with E-state index in [1.807, 2.05) is 60.7 Å². The van der Waals surface area contributed by atoms with Crippen molar-refractivity contribution < 1.29 is 9.53 Å². The average Bonchev–Trinajstić information content (AvgIpc) is 3.05. The maximum Gasteiger partial charge on any atom is 0.360 e. The molecule has 0 saturated heterocycles. The van der Waals surface area contributed by atoms with Gasteiger partial charge in [-0.05, 0) is 11.1 Å². The molecule has 0 spiro atoms. The summed E-state index contributed by atoms with van der Waals surface area (Å²) in [7, 11) is 0. The number of nitrogens with zero attached hydrogens (tertiary/aromatic N) is 3. The Labute approximate surface area is 134 Å². The number of hydrogen-bond acceptors (Lipinski definition) is 4. The van der Waals surface area contributed by atoms with Crippen LogP contribution in [-0.4, -0.2) is 27.6 Å². The molecule has 3 aromatic rings. The van der Waals surface area contributed by atoms with Crippen molar-refractivity contribution in [2.75, 3.05) is 6.61 Å². The number of carbonyl (C=O) groups is 1. The fourth-order valence-electron chi connectivity index (χ4n) is 2.22. The van der Waals surface area contributed by atoms with E-state index in [1.54, 1.807) is 10.9 Å². The van der Waals surface area contributed by atoms with Crippen molar-refractivity contribution in [1.29, 1.82) is 0 Å². The summed E-state index contributed by atoms with van der Waals surface area (Å²) in [5.41, 5.74) is 2.46. The Kier molecular flexibility index (Phi) is 4.79. The number of hydrogen-bond donors (Lipinski definition) is 0. The molecule has 1 aromatic heterocycles. The van der Waals surface area contributed by atoms with Crippen molar-refractivity contribution in [2.45, 2.75) is 13.0 Å². The molecule has 3 rings (SSSR count).